The van der Waals surface area contributed by atoms with Crippen LogP contribution in [-0.2, 0) is 11.2 Å². The van der Waals surface area contributed by atoms with E-state index in [-0.39, 0.29) is 18.3 Å². The van der Waals surface area contributed by atoms with Gasteiger partial charge in [-0.1, -0.05) is 28.1 Å². The molecule has 0 saturated heterocycles. The lowest BCUT2D eigenvalue weighted by molar-refractivity contribution is -0.121. The lowest BCUT2D eigenvalue weighted by Gasteiger charge is -2.12. The molecule has 0 aliphatic carbocycles. The van der Waals surface area contributed by atoms with Gasteiger partial charge in [0.15, 0.2) is 0 Å². The van der Waals surface area contributed by atoms with Gasteiger partial charge in [-0.25, -0.2) is 0 Å². The number of carbonyl (C=O) groups excluding carboxylic acids is 1. The highest BCUT2D eigenvalue weighted by molar-refractivity contribution is 9.10. The average molecular weight is 271 g/mol. The number of carbonyl (C=O) groups is 1. The molecule has 2 nitrogen and oxygen atoms in total. The summed E-state index contributed by atoms with van der Waals surface area (Å²) in [4.78, 5) is 11.3. The largest absolute Gasteiger partial charge is 0.396 e. The van der Waals surface area contributed by atoms with Crippen molar-refractivity contribution >= 4 is 21.7 Å². The zero-order valence-electron chi connectivity index (χ0n) is 8.74. The van der Waals surface area contributed by atoms with Crippen molar-refractivity contribution in [3.63, 3.8) is 0 Å². The van der Waals surface area contributed by atoms with Crippen LogP contribution < -0.4 is 0 Å². The van der Waals surface area contributed by atoms with Gasteiger partial charge >= 0.3 is 0 Å². The van der Waals surface area contributed by atoms with Crippen molar-refractivity contribution in [3.8, 4) is 0 Å². The minimum Gasteiger partial charge on any atom is -0.396 e. The highest BCUT2D eigenvalue weighted by Gasteiger charge is 2.13. The summed E-state index contributed by atoms with van der Waals surface area (Å²) < 4.78 is 1.03. The Balaban J connectivity index is 2.65. The molecule has 0 aromatic heterocycles. The maximum atomic E-state index is 11.3. The third-order valence-corrected chi connectivity index (χ3v) is 2.98. The summed E-state index contributed by atoms with van der Waals surface area (Å²) in [5, 5.41) is 8.85. The van der Waals surface area contributed by atoms with Gasteiger partial charge in [-0.2, -0.15) is 0 Å². The first-order valence-electron chi connectivity index (χ1n) is 4.99. The van der Waals surface area contributed by atoms with Crippen LogP contribution in [0.15, 0.2) is 28.7 Å². The summed E-state index contributed by atoms with van der Waals surface area (Å²) >= 11 is 3.36. The summed E-state index contributed by atoms with van der Waals surface area (Å²) in [6.45, 7) is 1.65. The van der Waals surface area contributed by atoms with E-state index >= 15 is 0 Å². The minimum atomic E-state index is -0.0591. The number of aliphatic hydroxyl groups excluding tert-OH is 1. The summed E-state index contributed by atoms with van der Waals surface area (Å²) in [7, 11) is 0. The van der Waals surface area contributed by atoms with Gasteiger partial charge in [0.05, 0.1) is 0 Å². The van der Waals surface area contributed by atoms with Crippen LogP contribution in [0.4, 0.5) is 0 Å². The molecule has 1 aromatic carbocycles. The molecule has 1 aromatic rings. The molecule has 0 bridgehead atoms. The van der Waals surface area contributed by atoms with Gasteiger partial charge in [0.25, 0.3) is 0 Å². The molecule has 15 heavy (non-hydrogen) atoms. The van der Waals surface area contributed by atoms with Gasteiger partial charge in [0.2, 0.25) is 0 Å². The molecule has 0 radical (unpaired) electrons. The Hall–Kier alpha value is -0.670. The zero-order chi connectivity index (χ0) is 11.3. The lowest BCUT2D eigenvalue weighted by Crippen LogP contribution is -2.15. The van der Waals surface area contributed by atoms with E-state index in [0.717, 1.165) is 10.0 Å². The molecule has 1 atom stereocenters. The van der Waals surface area contributed by atoms with Crippen molar-refractivity contribution in [1.29, 1.82) is 0 Å². The maximum Gasteiger partial charge on any atom is 0.133 e. The lowest BCUT2D eigenvalue weighted by atomic mass is 9.93. The standard InChI is InChI=1S/C12H15BrO2/c1-9(15)11(6-7-14)8-10-2-4-12(13)5-3-10/h2-5,11,14H,6-8H2,1H3. The Bertz CT molecular complexity index is 319. The van der Waals surface area contributed by atoms with Crippen molar-refractivity contribution in [3.05, 3.63) is 34.3 Å². The van der Waals surface area contributed by atoms with Gasteiger partial charge in [-0.3, -0.25) is 4.79 Å². The van der Waals surface area contributed by atoms with Gasteiger partial charge in [0, 0.05) is 17.0 Å². The van der Waals surface area contributed by atoms with Crippen LogP contribution in [0.2, 0.25) is 0 Å². The van der Waals surface area contributed by atoms with Crippen molar-refractivity contribution in [2.24, 2.45) is 5.92 Å². The topological polar surface area (TPSA) is 37.3 Å². The molecule has 0 aliphatic heterocycles. The monoisotopic (exact) mass is 270 g/mol. The van der Waals surface area contributed by atoms with E-state index in [0.29, 0.717) is 12.8 Å². The summed E-state index contributed by atoms with van der Waals surface area (Å²) in [5.74, 6) is 0.0862. The average Bonchev–Trinajstić information content (AvgIpc) is 2.20. The van der Waals surface area contributed by atoms with Gasteiger partial charge in [0.1, 0.15) is 5.78 Å². The first-order valence-corrected chi connectivity index (χ1v) is 5.78. The molecule has 1 N–H and O–H groups in total. The molecule has 0 spiro atoms. The van der Waals surface area contributed by atoms with Gasteiger partial charge in [-0.15, -0.1) is 0 Å². The van der Waals surface area contributed by atoms with Crippen molar-refractivity contribution in [2.75, 3.05) is 6.61 Å². The van der Waals surface area contributed by atoms with E-state index in [4.69, 9.17) is 5.11 Å². The Labute approximate surface area is 98.4 Å². The quantitative estimate of drug-likeness (QED) is 0.893. The molecular weight excluding hydrogens is 256 g/mol. The van der Waals surface area contributed by atoms with E-state index in [2.05, 4.69) is 15.9 Å². The summed E-state index contributed by atoms with van der Waals surface area (Å²) in [6, 6.07) is 7.92. The number of ketones is 1. The Morgan fingerprint density at radius 2 is 2.00 bits per heavy atom. The van der Waals surface area contributed by atoms with Crippen LogP contribution in [0.3, 0.4) is 0 Å². The fourth-order valence-corrected chi connectivity index (χ4v) is 1.77. The molecule has 0 saturated carbocycles. The van der Waals surface area contributed by atoms with Crippen LogP contribution in [-0.4, -0.2) is 17.5 Å². The smallest absolute Gasteiger partial charge is 0.133 e. The van der Waals surface area contributed by atoms with Gasteiger partial charge < -0.3 is 5.11 Å². The Kier molecular flexibility index (Phi) is 4.99. The second kappa shape index (κ2) is 6.03. The van der Waals surface area contributed by atoms with Crippen LogP contribution in [0, 0.1) is 5.92 Å². The normalized spacial score (nSPS) is 12.5. The zero-order valence-corrected chi connectivity index (χ0v) is 10.3. The molecule has 82 valence electrons. The number of halogens is 1. The van der Waals surface area contributed by atoms with Crippen molar-refractivity contribution in [1.82, 2.24) is 0 Å². The first kappa shape index (κ1) is 12.4. The van der Waals surface area contributed by atoms with E-state index < -0.39 is 0 Å². The highest BCUT2D eigenvalue weighted by Crippen LogP contribution is 2.16. The molecule has 0 fully saturated rings. The van der Waals surface area contributed by atoms with E-state index in [1.807, 2.05) is 24.3 Å². The van der Waals surface area contributed by atoms with E-state index in [1.54, 1.807) is 6.92 Å². The third-order valence-electron chi connectivity index (χ3n) is 2.45. The molecule has 1 unspecified atom stereocenters. The van der Waals surface area contributed by atoms with E-state index in [1.165, 1.54) is 0 Å². The second-order valence-electron chi connectivity index (χ2n) is 3.65. The molecular formula is C12H15BrO2. The minimum absolute atomic E-state index is 0.0591. The Morgan fingerprint density at radius 3 is 2.47 bits per heavy atom. The number of Topliss-reactive ketones (excluding diaryl/α,β-unsaturated/α-hetero) is 1. The van der Waals surface area contributed by atoms with Crippen LogP contribution in [0.25, 0.3) is 0 Å². The maximum absolute atomic E-state index is 11.3. The number of rotatable bonds is 5. The molecule has 3 heteroatoms. The molecule has 0 aliphatic rings. The predicted molar refractivity (Wildman–Crippen MR) is 63.7 cm³/mol. The number of hydrogen-bond acceptors (Lipinski definition) is 2. The summed E-state index contributed by atoms with van der Waals surface area (Å²) in [5.41, 5.74) is 1.13. The fraction of sp³-hybridized carbons (Fsp3) is 0.417. The van der Waals surface area contributed by atoms with Crippen LogP contribution in [0.5, 0.6) is 0 Å². The highest BCUT2D eigenvalue weighted by atomic mass is 79.9. The molecule has 0 amide bonds. The SMILES string of the molecule is CC(=O)C(CCO)Cc1ccc(Br)cc1. The van der Waals surface area contributed by atoms with Gasteiger partial charge in [-0.05, 0) is 37.5 Å². The van der Waals surface area contributed by atoms with Crippen LogP contribution in [0.1, 0.15) is 18.9 Å². The van der Waals surface area contributed by atoms with Crippen molar-refractivity contribution < 1.29 is 9.90 Å². The number of benzene rings is 1. The fourth-order valence-electron chi connectivity index (χ4n) is 1.51. The third kappa shape index (κ3) is 4.14. The molecule has 0 heterocycles. The number of aliphatic hydroxyl groups is 1. The molecule has 1 rings (SSSR count). The van der Waals surface area contributed by atoms with Crippen molar-refractivity contribution in [2.45, 2.75) is 19.8 Å². The second-order valence-corrected chi connectivity index (χ2v) is 4.57. The summed E-state index contributed by atoms with van der Waals surface area (Å²) in [6.07, 6.45) is 1.26. The van der Waals surface area contributed by atoms with E-state index in [9.17, 15) is 4.79 Å². The van der Waals surface area contributed by atoms with Crippen LogP contribution >= 0.6 is 15.9 Å². The first-order chi connectivity index (χ1) is 7.13. The predicted octanol–water partition coefficient (Wildman–Crippen LogP) is 2.58. The number of hydrogen-bond donors (Lipinski definition) is 1. The Morgan fingerprint density at radius 1 is 1.40 bits per heavy atom.